The van der Waals surface area contributed by atoms with E-state index in [2.05, 4.69) is 26.0 Å². The molecule has 106 valence electrons. The Balaban J connectivity index is 1.67. The van der Waals surface area contributed by atoms with Crippen LogP contribution in [0.5, 0.6) is 0 Å². The van der Waals surface area contributed by atoms with Gasteiger partial charge in [-0.2, -0.15) is 5.10 Å². The zero-order valence-electron chi connectivity index (χ0n) is 11.3. The normalized spacial score (nSPS) is 16.2. The maximum absolute atomic E-state index is 12.0. The molecule has 20 heavy (non-hydrogen) atoms. The molecule has 0 unspecified atom stereocenters. The maximum Gasteiger partial charge on any atom is 0.277 e. The Morgan fingerprint density at radius 3 is 2.90 bits per heavy atom. The predicted octanol–water partition coefficient (Wildman–Crippen LogP) is 0.188. The third-order valence-corrected chi connectivity index (χ3v) is 3.39. The van der Waals surface area contributed by atoms with Gasteiger partial charge in [0.15, 0.2) is 5.69 Å². The van der Waals surface area contributed by atoms with Crippen LogP contribution in [0.1, 0.15) is 29.4 Å². The highest BCUT2D eigenvalue weighted by atomic mass is 16.2. The van der Waals surface area contributed by atoms with Crippen LogP contribution in [0.2, 0.25) is 0 Å². The van der Waals surface area contributed by atoms with E-state index >= 15 is 0 Å². The van der Waals surface area contributed by atoms with Crippen molar-refractivity contribution >= 4 is 11.6 Å². The fraction of sp³-hybridized carbons (Fsp3) is 0.500. The molecule has 0 aliphatic carbocycles. The van der Waals surface area contributed by atoms with Gasteiger partial charge in [-0.25, -0.2) is 4.68 Å². The van der Waals surface area contributed by atoms with Gasteiger partial charge < -0.3 is 10.6 Å². The molecule has 0 aromatic carbocycles. The summed E-state index contributed by atoms with van der Waals surface area (Å²) in [5.41, 5.74) is 0.973. The molecule has 1 saturated heterocycles. The number of hydrogen-bond acceptors (Lipinski definition) is 5. The van der Waals surface area contributed by atoms with Crippen LogP contribution in [0.15, 0.2) is 18.6 Å². The van der Waals surface area contributed by atoms with E-state index in [0.29, 0.717) is 17.4 Å². The van der Waals surface area contributed by atoms with Crippen LogP contribution >= 0.6 is 0 Å². The van der Waals surface area contributed by atoms with Gasteiger partial charge in [-0.05, 0) is 25.9 Å². The van der Waals surface area contributed by atoms with Gasteiger partial charge in [0, 0.05) is 13.2 Å². The Hall–Kier alpha value is -2.22. The number of aromatic nitrogens is 5. The summed E-state index contributed by atoms with van der Waals surface area (Å²) in [4.78, 5) is 12.0. The molecule has 1 amide bonds. The molecule has 1 fully saturated rings. The summed E-state index contributed by atoms with van der Waals surface area (Å²) in [5.74, 6) is -0.266. The lowest BCUT2D eigenvalue weighted by Crippen LogP contribution is -2.29. The summed E-state index contributed by atoms with van der Waals surface area (Å²) in [6, 6.07) is 0.323. The third-order valence-electron chi connectivity index (χ3n) is 3.39. The minimum absolute atomic E-state index is 0.266. The Bertz CT molecular complexity index is 596. The summed E-state index contributed by atoms with van der Waals surface area (Å²) in [7, 11) is 1.79. The van der Waals surface area contributed by atoms with Gasteiger partial charge in [0.05, 0.1) is 24.1 Å². The zero-order valence-corrected chi connectivity index (χ0v) is 11.3. The van der Waals surface area contributed by atoms with E-state index in [-0.39, 0.29) is 5.91 Å². The van der Waals surface area contributed by atoms with Crippen LogP contribution in [0, 0.1) is 0 Å². The Morgan fingerprint density at radius 2 is 2.20 bits per heavy atom. The number of anilines is 1. The van der Waals surface area contributed by atoms with Crippen molar-refractivity contribution in [3.8, 4) is 0 Å². The van der Waals surface area contributed by atoms with E-state index in [1.54, 1.807) is 35.0 Å². The van der Waals surface area contributed by atoms with Gasteiger partial charge in [-0.3, -0.25) is 9.48 Å². The number of piperidine rings is 1. The summed E-state index contributed by atoms with van der Waals surface area (Å²) in [6.45, 7) is 1.95. The minimum atomic E-state index is -0.266. The fourth-order valence-electron chi connectivity index (χ4n) is 2.31. The Labute approximate surface area is 116 Å². The molecule has 1 aliphatic rings. The van der Waals surface area contributed by atoms with Crippen LogP contribution in [0.25, 0.3) is 0 Å². The van der Waals surface area contributed by atoms with Crippen molar-refractivity contribution < 1.29 is 4.79 Å². The van der Waals surface area contributed by atoms with Crippen LogP contribution < -0.4 is 10.6 Å². The molecule has 8 nitrogen and oxygen atoms in total. The molecule has 3 rings (SSSR count). The summed E-state index contributed by atoms with van der Waals surface area (Å²) in [5, 5.41) is 18.1. The first-order valence-corrected chi connectivity index (χ1v) is 6.65. The molecule has 1 aliphatic heterocycles. The van der Waals surface area contributed by atoms with Crippen molar-refractivity contribution in [1.29, 1.82) is 0 Å². The molecule has 0 bridgehead atoms. The number of hydrogen-bond donors (Lipinski definition) is 2. The van der Waals surface area contributed by atoms with Crippen molar-refractivity contribution in [3.63, 3.8) is 0 Å². The molecule has 2 aromatic rings. The number of carbonyl (C=O) groups is 1. The van der Waals surface area contributed by atoms with Gasteiger partial charge in [0.1, 0.15) is 0 Å². The third kappa shape index (κ3) is 2.69. The summed E-state index contributed by atoms with van der Waals surface area (Å²) >= 11 is 0. The van der Waals surface area contributed by atoms with Gasteiger partial charge in [0.25, 0.3) is 5.91 Å². The SMILES string of the molecule is Cn1cc(NC(=O)c2cn(C3CCNCC3)nn2)cn1. The van der Waals surface area contributed by atoms with E-state index in [1.165, 1.54) is 0 Å². The Kier molecular flexibility index (Phi) is 3.46. The van der Waals surface area contributed by atoms with E-state index in [9.17, 15) is 4.79 Å². The average Bonchev–Trinajstić information content (AvgIpc) is 3.09. The molecular weight excluding hydrogens is 258 g/mol. The van der Waals surface area contributed by atoms with Crippen LogP contribution in [-0.2, 0) is 7.05 Å². The molecular formula is C12H17N7O. The smallest absolute Gasteiger partial charge is 0.277 e. The number of nitrogens with zero attached hydrogens (tertiary/aromatic N) is 5. The highest BCUT2D eigenvalue weighted by Crippen LogP contribution is 2.17. The number of nitrogens with one attached hydrogen (secondary N) is 2. The van der Waals surface area contributed by atoms with E-state index < -0.39 is 0 Å². The van der Waals surface area contributed by atoms with Crippen LogP contribution in [0.3, 0.4) is 0 Å². The highest BCUT2D eigenvalue weighted by molar-refractivity contribution is 6.02. The lowest BCUT2D eigenvalue weighted by molar-refractivity contribution is 0.102. The molecule has 2 aromatic heterocycles. The molecule has 8 heteroatoms. The van der Waals surface area contributed by atoms with Gasteiger partial charge in [-0.15, -0.1) is 5.10 Å². The van der Waals surface area contributed by atoms with Gasteiger partial charge in [0.2, 0.25) is 0 Å². The number of aryl methyl sites for hydroxylation is 1. The predicted molar refractivity (Wildman–Crippen MR) is 72.3 cm³/mol. The number of rotatable bonds is 3. The Morgan fingerprint density at radius 1 is 1.40 bits per heavy atom. The van der Waals surface area contributed by atoms with E-state index in [4.69, 9.17) is 0 Å². The lowest BCUT2D eigenvalue weighted by atomic mass is 10.1. The topological polar surface area (TPSA) is 89.7 Å². The second kappa shape index (κ2) is 5.41. The monoisotopic (exact) mass is 275 g/mol. The van der Waals surface area contributed by atoms with Gasteiger partial charge >= 0.3 is 0 Å². The van der Waals surface area contributed by atoms with Crippen molar-refractivity contribution in [3.05, 3.63) is 24.3 Å². The molecule has 3 heterocycles. The first-order valence-electron chi connectivity index (χ1n) is 6.65. The van der Waals surface area contributed by atoms with Gasteiger partial charge in [-0.1, -0.05) is 5.21 Å². The van der Waals surface area contributed by atoms with Crippen molar-refractivity contribution in [1.82, 2.24) is 30.1 Å². The summed E-state index contributed by atoms with van der Waals surface area (Å²) < 4.78 is 3.42. The molecule has 2 N–H and O–H groups in total. The molecule has 0 spiro atoms. The second-order valence-electron chi connectivity index (χ2n) is 4.92. The van der Waals surface area contributed by atoms with Crippen LogP contribution in [0.4, 0.5) is 5.69 Å². The zero-order chi connectivity index (χ0) is 13.9. The lowest BCUT2D eigenvalue weighted by Gasteiger charge is -2.22. The molecule has 0 saturated carbocycles. The maximum atomic E-state index is 12.0. The quantitative estimate of drug-likeness (QED) is 0.834. The number of carbonyl (C=O) groups excluding carboxylic acids is 1. The van der Waals surface area contributed by atoms with Crippen molar-refractivity contribution in [2.45, 2.75) is 18.9 Å². The van der Waals surface area contributed by atoms with Crippen LogP contribution in [-0.4, -0.2) is 43.8 Å². The summed E-state index contributed by atoms with van der Waals surface area (Å²) in [6.07, 6.45) is 7.05. The minimum Gasteiger partial charge on any atom is -0.318 e. The molecule has 0 atom stereocenters. The average molecular weight is 275 g/mol. The van der Waals surface area contributed by atoms with E-state index in [0.717, 1.165) is 25.9 Å². The first-order chi connectivity index (χ1) is 9.72. The van der Waals surface area contributed by atoms with E-state index in [1.807, 2.05) is 0 Å². The largest absolute Gasteiger partial charge is 0.318 e. The fourth-order valence-corrected chi connectivity index (χ4v) is 2.31. The van der Waals surface area contributed by atoms with Crippen molar-refractivity contribution in [2.75, 3.05) is 18.4 Å². The molecule has 0 radical (unpaired) electrons. The standard InChI is InChI=1S/C12H17N7O/c1-18-7-9(6-14-18)15-12(20)11-8-19(17-16-11)10-2-4-13-5-3-10/h6-8,10,13H,2-5H2,1H3,(H,15,20). The van der Waals surface area contributed by atoms with Crippen molar-refractivity contribution in [2.24, 2.45) is 7.05 Å². The second-order valence-corrected chi connectivity index (χ2v) is 4.92. The highest BCUT2D eigenvalue weighted by Gasteiger charge is 2.18. The number of amides is 1. The first kappa shape index (κ1) is 12.8.